The molecule has 2 amide bonds. The molecule has 1 aromatic rings. The molecule has 1 aliphatic rings. The van der Waals surface area contributed by atoms with Gasteiger partial charge in [0.25, 0.3) is 5.91 Å². The van der Waals surface area contributed by atoms with E-state index in [2.05, 4.69) is 21.2 Å². The average Bonchev–Trinajstić information content (AvgIpc) is 2.52. The third kappa shape index (κ3) is 4.54. The topological polar surface area (TPSA) is 69.6 Å². The summed E-state index contributed by atoms with van der Waals surface area (Å²) < 4.78 is 0.826. The molecule has 114 valence electrons. The largest absolute Gasteiger partial charge is 0.396 e. The van der Waals surface area contributed by atoms with Crippen LogP contribution in [0.2, 0.25) is 0 Å². The van der Waals surface area contributed by atoms with Gasteiger partial charge in [0.2, 0.25) is 5.91 Å². The third-order valence-electron chi connectivity index (χ3n) is 3.71. The van der Waals surface area contributed by atoms with Crippen LogP contribution in [0.15, 0.2) is 28.7 Å². The smallest absolute Gasteiger partial charge is 0.251 e. The number of carbonyl (C=O) groups is 2. The molecule has 0 aromatic heterocycles. The van der Waals surface area contributed by atoms with Crippen molar-refractivity contribution in [2.24, 2.45) is 5.92 Å². The van der Waals surface area contributed by atoms with Gasteiger partial charge in [-0.1, -0.05) is 22.0 Å². The molecule has 1 heterocycles. The van der Waals surface area contributed by atoms with Gasteiger partial charge in [-0.2, -0.15) is 0 Å². The monoisotopic (exact) mass is 354 g/mol. The minimum absolute atomic E-state index is 0.00907. The fraction of sp³-hybridized carbons (Fsp3) is 0.467. The Labute approximate surface area is 132 Å². The first-order valence-corrected chi connectivity index (χ1v) is 7.82. The molecule has 0 spiro atoms. The molecule has 0 unspecified atom stereocenters. The number of nitrogens with one attached hydrogen (secondary N) is 1. The van der Waals surface area contributed by atoms with E-state index < -0.39 is 0 Å². The zero-order chi connectivity index (χ0) is 15.2. The highest BCUT2D eigenvalue weighted by Crippen LogP contribution is 2.16. The highest BCUT2D eigenvalue weighted by Gasteiger charge is 2.22. The number of benzene rings is 1. The van der Waals surface area contributed by atoms with Crippen molar-refractivity contribution in [3.05, 3.63) is 34.3 Å². The zero-order valence-corrected chi connectivity index (χ0v) is 13.3. The molecule has 1 aliphatic heterocycles. The second kappa shape index (κ2) is 7.56. The molecule has 1 aromatic carbocycles. The maximum Gasteiger partial charge on any atom is 0.251 e. The van der Waals surface area contributed by atoms with Crippen molar-refractivity contribution >= 4 is 27.7 Å². The number of hydrogen-bond acceptors (Lipinski definition) is 3. The van der Waals surface area contributed by atoms with Crippen LogP contribution in [-0.4, -0.2) is 48.1 Å². The molecule has 1 saturated heterocycles. The zero-order valence-electron chi connectivity index (χ0n) is 11.7. The van der Waals surface area contributed by atoms with Crippen LogP contribution in [-0.2, 0) is 4.79 Å². The molecule has 5 nitrogen and oxygen atoms in total. The number of carbonyl (C=O) groups excluding carboxylic acids is 2. The summed E-state index contributed by atoms with van der Waals surface area (Å²) in [4.78, 5) is 25.7. The number of likely N-dealkylation sites (tertiary alicyclic amines) is 1. The lowest BCUT2D eigenvalue weighted by molar-refractivity contribution is -0.131. The molecule has 0 bridgehead atoms. The van der Waals surface area contributed by atoms with Crippen LogP contribution in [0.4, 0.5) is 0 Å². The van der Waals surface area contributed by atoms with Crippen molar-refractivity contribution in [3.63, 3.8) is 0 Å². The van der Waals surface area contributed by atoms with Gasteiger partial charge < -0.3 is 15.3 Å². The maximum absolute atomic E-state index is 12.0. The summed E-state index contributed by atoms with van der Waals surface area (Å²) >= 11 is 3.31. The third-order valence-corrected chi connectivity index (χ3v) is 4.21. The van der Waals surface area contributed by atoms with Crippen LogP contribution in [0.5, 0.6) is 0 Å². The van der Waals surface area contributed by atoms with E-state index in [4.69, 9.17) is 5.11 Å². The Hall–Kier alpha value is -1.40. The summed E-state index contributed by atoms with van der Waals surface area (Å²) in [7, 11) is 0. The molecule has 21 heavy (non-hydrogen) atoms. The summed E-state index contributed by atoms with van der Waals surface area (Å²) in [6.45, 7) is 1.49. The van der Waals surface area contributed by atoms with Gasteiger partial charge in [0.1, 0.15) is 0 Å². The van der Waals surface area contributed by atoms with Gasteiger partial charge in [-0.3, -0.25) is 9.59 Å². The normalized spacial score (nSPS) is 15.8. The maximum atomic E-state index is 12.0. The summed E-state index contributed by atoms with van der Waals surface area (Å²) in [5, 5.41) is 11.7. The Morgan fingerprint density at radius 3 is 2.67 bits per heavy atom. The lowest BCUT2D eigenvalue weighted by Crippen LogP contribution is -2.44. The summed E-state index contributed by atoms with van der Waals surface area (Å²) in [5.74, 6) is -0.0325. The summed E-state index contributed by atoms with van der Waals surface area (Å²) in [5.41, 5.74) is 0.524. The van der Waals surface area contributed by atoms with Crippen LogP contribution in [0.3, 0.4) is 0 Å². The number of rotatable bonds is 4. The highest BCUT2D eigenvalue weighted by molar-refractivity contribution is 9.10. The van der Waals surface area contributed by atoms with Crippen molar-refractivity contribution in [1.82, 2.24) is 10.2 Å². The second-order valence-corrected chi connectivity index (χ2v) is 6.12. The quantitative estimate of drug-likeness (QED) is 0.858. The Kier molecular flexibility index (Phi) is 5.76. The van der Waals surface area contributed by atoms with E-state index >= 15 is 0 Å². The summed E-state index contributed by atoms with van der Waals surface area (Å²) in [6.07, 6.45) is 1.64. The van der Waals surface area contributed by atoms with Gasteiger partial charge in [-0.05, 0) is 37.0 Å². The minimum Gasteiger partial charge on any atom is -0.396 e. The van der Waals surface area contributed by atoms with Gasteiger partial charge in [-0.25, -0.2) is 0 Å². The molecule has 0 atom stereocenters. The number of nitrogens with zero attached hydrogens (tertiary/aromatic N) is 1. The molecular formula is C15H19BrN2O3. The van der Waals surface area contributed by atoms with Gasteiger partial charge in [0.05, 0.1) is 6.54 Å². The number of halogens is 1. The fourth-order valence-electron chi connectivity index (χ4n) is 2.36. The van der Waals surface area contributed by atoms with Crippen LogP contribution in [0.25, 0.3) is 0 Å². The average molecular weight is 355 g/mol. The first kappa shape index (κ1) is 16.0. The lowest BCUT2D eigenvalue weighted by atomic mass is 9.98. The van der Waals surface area contributed by atoms with Crippen molar-refractivity contribution in [2.45, 2.75) is 12.8 Å². The predicted octanol–water partition coefficient (Wildman–Crippen LogP) is 1.41. The minimum atomic E-state index is -0.255. The fourth-order valence-corrected chi connectivity index (χ4v) is 2.76. The number of aliphatic hydroxyl groups is 1. The number of amides is 2. The van der Waals surface area contributed by atoms with E-state index in [1.807, 2.05) is 6.07 Å². The Morgan fingerprint density at radius 2 is 2.05 bits per heavy atom. The first-order chi connectivity index (χ1) is 10.1. The molecule has 0 radical (unpaired) electrons. The predicted molar refractivity (Wildman–Crippen MR) is 82.9 cm³/mol. The molecule has 0 saturated carbocycles. The van der Waals surface area contributed by atoms with E-state index in [1.54, 1.807) is 23.1 Å². The van der Waals surface area contributed by atoms with Gasteiger partial charge >= 0.3 is 0 Å². The molecular weight excluding hydrogens is 336 g/mol. The Balaban J connectivity index is 1.80. The standard InChI is InChI=1S/C15H19BrN2O3/c16-13-3-1-2-12(8-13)15(21)17-9-14(20)18-6-4-11(10-19)5-7-18/h1-3,8,11,19H,4-7,9-10H2,(H,17,21). The van der Waals surface area contributed by atoms with E-state index in [1.165, 1.54) is 0 Å². The van der Waals surface area contributed by atoms with Crippen LogP contribution in [0, 0.1) is 5.92 Å². The first-order valence-electron chi connectivity index (χ1n) is 7.02. The van der Waals surface area contributed by atoms with Crippen LogP contribution < -0.4 is 5.32 Å². The van der Waals surface area contributed by atoms with Crippen LogP contribution in [0.1, 0.15) is 23.2 Å². The van der Waals surface area contributed by atoms with Gasteiger partial charge in [-0.15, -0.1) is 0 Å². The van der Waals surface area contributed by atoms with E-state index in [0.717, 1.165) is 17.3 Å². The van der Waals surface area contributed by atoms with E-state index in [0.29, 0.717) is 24.6 Å². The van der Waals surface area contributed by atoms with Crippen molar-refractivity contribution in [3.8, 4) is 0 Å². The van der Waals surface area contributed by atoms with Gasteiger partial charge in [0, 0.05) is 29.7 Å². The van der Waals surface area contributed by atoms with Crippen molar-refractivity contribution in [2.75, 3.05) is 26.2 Å². The number of aliphatic hydroxyl groups excluding tert-OH is 1. The number of hydrogen-bond donors (Lipinski definition) is 2. The Morgan fingerprint density at radius 1 is 1.33 bits per heavy atom. The van der Waals surface area contributed by atoms with E-state index in [9.17, 15) is 9.59 Å². The Bertz CT molecular complexity index is 513. The van der Waals surface area contributed by atoms with Gasteiger partial charge in [0.15, 0.2) is 0 Å². The van der Waals surface area contributed by atoms with Crippen molar-refractivity contribution < 1.29 is 14.7 Å². The number of piperidine rings is 1. The van der Waals surface area contributed by atoms with Crippen LogP contribution >= 0.6 is 15.9 Å². The molecule has 1 fully saturated rings. The van der Waals surface area contributed by atoms with Crippen molar-refractivity contribution in [1.29, 1.82) is 0 Å². The van der Waals surface area contributed by atoms with E-state index in [-0.39, 0.29) is 25.0 Å². The second-order valence-electron chi connectivity index (χ2n) is 5.20. The molecule has 2 rings (SSSR count). The SMILES string of the molecule is O=C(NCC(=O)N1CCC(CO)CC1)c1cccc(Br)c1. The highest BCUT2D eigenvalue weighted by atomic mass is 79.9. The molecule has 6 heteroatoms. The summed E-state index contributed by atoms with van der Waals surface area (Å²) in [6, 6.07) is 7.04. The lowest BCUT2D eigenvalue weighted by Gasteiger charge is -2.31. The molecule has 2 N–H and O–H groups in total. The molecule has 0 aliphatic carbocycles.